The molecule has 3 heterocycles. The molecule has 1 fully saturated rings. The van der Waals surface area contributed by atoms with Crippen molar-refractivity contribution in [1.82, 2.24) is 20.4 Å². The monoisotopic (exact) mass is 301 g/mol. The maximum Gasteiger partial charge on any atom is 0.317 e. The number of piperazine rings is 1. The Balaban J connectivity index is 1.47. The molecule has 116 valence electrons. The summed E-state index contributed by atoms with van der Waals surface area (Å²) in [4.78, 5) is 20.2. The molecule has 0 atom stereocenters. The van der Waals surface area contributed by atoms with Gasteiger partial charge in [0, 0.05) is 50.3 Å². The summed E-state index contributed by atoms with van der Waals surface area (Å²) < 4.78 is 5.08. The van der Waals surface area contributed by atoms with E-state index in [-0.39, 0.29) is 6.03 Å². The van der Waals surface area contributed by atoms with Crippen molar-refractivity contribution < 1.29 is 9.32 Å². The maximum absolute atomic E-state index is 12.1. The highest BCUT2D eigenvalue weighted by Crippen LogP contribution is 2.14. The number of rotatable bonds is 3. The molecule has 0 spiro atoms. The van der Waals surface area contributed by atoms with Gasteiger partial charge in [-0.2, -0.15) is 0 Å². The van der Waals surface area contributed by atoms with Crippen LogP contribution in [0.3, 0.4) is 0 Å². The molecule has 0 aromatic carbocycles. The largest absolute Gasteiger partial charge is 0.368 e. The van der Waals surface area contributed by atoms with Crippen LogP contribution in [0.15, 0.2) is 35.1 Å². The number of pyridine rings is 1. The van der Waals surface area contributed by atoms with Crippen LogP contribution < -0.4 is 10.2 Å². The van der Waals surface area contributed by atoms with Crippen LogP contribution in [0, 0.1) is 6.92 Å². The van der Waals surface area contributed by atoms with E-state index in [1.807, 2.05) is 30.0 Å². The van der Waals surface area contributed by atoms with E-state index in [4.69, 9.17) is 4.52 Å². The molecule has 1 aliphatic heterocycles. The Morgan fingerprint density at radius 2 is 2.00 bits per heavy atom. The average molecular weight is 301 g/mol. The Bertz CT molecular complexity index is 620. The highest BCUT2D eigenvalue weighted by atomic mass is 16.5. The second-order valence-corrected chi connectivity index (χ2v) is 5.27. The fourth-order valence-corrected chi connectivity index (χ4v) is 2.50. The van der Waals surface area contributed by atoms with Crippen LogP contribution in [0.25, 0.3) is 0 Å². The molecule has 0 unspecified atom stereocenters. The standard InChI is InChI=1S/C15H19N5O2/c1-12-10-14(22-18-12)11-17-15(21)20-8-6-19(7-9-20)13-2-4-16-5-3-13/h2-5,10H,6-9,11H2,1H3,(H,17,21). The highest BCUT2D eigenvalue weighted by Gasteiger charge is 2.21. The second-order valence-electron chi connectivity index (χ2n) is 5.27. The molecule has 22 heavy (non-hydrogen) atoms. The normalized spacial score (nSPS) is 15.0. The van der Waals surface area contributed by atoms with Crippen LogP contribution in [-0.2, 0) is 6.54 Å². The summed E-state index contributed by atoms with van der Waals surface area (Å²) in [7, 11) is 0. The number of hydrogen-bond donors (Lipinski definition) is 1. The molecule has 0 radical (unpaired) electrons. The summed E-state index contributed by atoms with van der Waals surface area (Å²) in [5, 5.41) is 6.66. The minimum atomic E-state index is -0.0663. The van der Waals surface area contributed by atoms with Crippen molar-refractivity contribution in [3.63, 3.8) is 0 Å². The van der Waals surface area contributed by atoms with Gasteiger partial charge in [-0.15, -0.1) is 0 Å². The zero-order valence-electron chi connectivity index (χ0n) is 12.5. The first-order valence-corrected chi connectivity index (χ1v) is 7.32. The topological polar surface area (TPSA) is 74.5 Å². The molecule has 7 heteroatoms. The summed E-state index contributed by atoms with van der Waals surface area (Å²) in [5.74, 6) is 0.668. The first kappa shape index (κ1) is 14.4. The van der Waals surface area contributed by atoms with Crippen molar-refractivity contribution in [1.29, 1.82) is 0 Å². The number of amides is 2. The molecule has 2 amide bonds. The van der Waals surface area contributed by atoms with Gasteiger partial charge in [0.05, 0.1) is 12.2 Å². The van der Waals surface area contributed by atoms with Gasteiger partial charge in [-0.3, -0.25) is 4.98 Å². The minimum absolute atomic E-state index is 0.0663. The molecule has 0 aliphatic carbocycles. The third-order valence-electron chi connectivity index (χ3n) is 3.69. The van der Waals surface area contributed by atoms with Crippen molar-refractivity contribution in [3.05, 3.63) is 42.0 Å². The lowest BCUT2D eigenvalue weighted by atomic mass is 10.3. The van der Waals surface area contributed by atoms with E-state index in [0.717, 1.165) is 24.5 Å². The fraction of sp³-hybridized carbons (Fsp3) is 0.400. The lowest BCUT2D eigenvalue weighted by Crippen LogP contribution is -2.51. The molecular weight excluding hydrogens is 282 g/mol. The quantitative estimate of drug-likeness (QED) is 0.928. The van der Waals surface area contributed by atoms with Gasteiger partial charge in [0.1, 0.15) is 0 Å². The van der Waals surface area contributed by atoms with E-state index in [2.05, 4.69) is 20.4 Å². The molecule has 0 bridgehead atoms. The van der Waals surface area contributed by atoms with Crippen LogP contribution >= 0.6 is 0 Å². The third kappa shape index (κ3) is 3.36. The predicted octanol–water partition coefficient (Wildman–Crippen LogP) is 1.41. The smallest absolute Gasteiger partial charge is 0.317 e. The van der Waals surface area contributed by atoms with E-state index < -0.39 is 0 Å². The van der Waals surface area contributed by atoms with Crippen LogP contribution in [0.1, 0.15) is 11.5 Å². The number of anilines is 1. The molecule has 0 saturated carbocycles. The predicted molar refractivity (Wildman–Crippen MR) is 81.5 cm³/mol. The Kier molecular flexibility index (Phi) is 4.22. The van der Waals surface area contributed by atoms with Crippen molar-refractivity contribution in [2.24, 2.45) is 0 Å². The van der Waals surface area contributed by atoms with E-state index >= 15 is 0 Å². The Hall–Kier alpha value is -2.57. The zero-order valence-corrected chi connectivity index (χ0v) is 12.5. The van der Waals surface area contributed by atoms with Gasteiger partial charge < -0.3 is 19.6 Å². The van der Waals surface area contributed by atoms with Crippen LogP contribution in [0.2, 0.25) is 0 Å². The van der Waals surface area contributed by atoms with Crippen molar-refractivity contribution in [2.45, 2.75) is 13.5 Å². The number of aryl methyl sites for hydroxylation is 1. The first-order valence-electron chi connectivity index (χ1n) is 7.32. The number of carbonyl (C=O) groups excluding carboxylic acids is 1. The minimum Gasteiger partial charge on any atom is -0.368 e. The van der Waals surface area contributed by atoms with Gasteiger partial charge in [-0.1, -0.05) is 5.16 Å². The SMILES string of the molecule is Cc1cc(CNC(=O)N2CCN(c3ccncc3)CC2)on1. The van der Waals surface area contributed by atoms with E-state index in [0.29, 0.717) is 25.4 Å². The Labute approximate surface area is 128 Å². The van der Waals surface area contributed by atoms with Gasteiger partial charge in [-0.25, -0.2) is 4.79 Å². The molecule has 3 rings (SSSR count). The summed E-state index contributed by atoms with van der Waals surface area (Å²) >= 11 is 0. The van der Waals surface area contributed by atoms with Gasteiger partial charge in [-0.05, 0) is 19.1 Å². The van der Waals surface area contributed by atoms with Gasteiger partial charge >= 0.3 is 6.03 Å². The zero-order chi connectivity index (χ0) is 15.4. The number of aromatic nitrogens is 2. The average Bonchev–Trinajstić information content (AvgIpc) is 2.99. The van der Waals surface area contributed by atoms with Crippen LogP contribution in [0.5, 0.6) is 0 Å². The maximum atomic E-state index is 12.1. The number of nitrogens with one attached hydrogen (secondary N) is 1. The molecule has 1 saturated heterocycles. The van der Waals surface area contributed by atoms with Crippen LogP contribution in [0.4, 0.5) is 10.5 Å². The van der Waals surface area contributed by atoms with Gasteiger partial charge in [0.25, 0.3) is 0 Å². The number of nitrogens with zero attached hydrogens (tertiary/aromatic N) is 4. The van der Waals surface area contributed by atoms with Gasteiger partial charge in [0.2, 0.25) is 0 Å². The highest BCUT2D eigenvalue weighted by molar-refractivity contribution is 5.74. The second kappa shape index (κ2) is 6.46. The molecule has 1 N–H and O–H groups in total. The van der Waals surface area contributed by atoms with Crippen LogP contribution in [-0.4, -0.2) is 47.3 Å². The third-order valence-corrected chi connectivity index (χ3v) is 3.69. The number of urea groups is 1. The van der Waals surface area contributed by atoms with E-state index in [9.17, 15) is 4.79 Å². The first-order chi connectivity index (χ1) is 10.7. The summed E-state index contributed by atoms with van der Waals surface area (Å²) in [6, 6.07) is 5.73. The molecule has 2 aromatic rings. The Morgan fingerprint density at radius 1 is 1.27 bits per heavy atom. The van der Waals surface area contributed by atoms with E-state index in [1.165, 1.54) is 0 Å². The molecule has 1 aliphatic rings. The lowest BCUT2D eigenvalue weighted by Gasteiger charge is -2.35. The summed E-state index contributed by atoms with van der Waals surface area (Å²) in [6.45, 7) is 5.25. The van der Waals surface area contributed by atoms with Gasteiger partial charge in [0.15, 0.2) is 5.76 Å². The number of hydrogen-bond acceptors (Lipinski definition) is 5. The lowest BCUT2D eigenvalue weighted by molar-refractivity contribution is 0.192. The van der Waals surface area contributed by atoms with E-state index in [1.54, 1.807) is 12.4 Å². The summed E-state index contributed by atoms with van der Waals surface area (Å²) in [5.41, 5.74) is 1.96. The molecular formula is C15H19N5O2. The summed E-state index contributed by atoms with van der Waals surface area (Å²) in [6.07, 6.45) is 3.57. The van der Waals surface area contributed by atoms with Crippen molar-refractivity contribution >= 4 is 11.7 Å². The number of carbonyl (C=O) groups is 1. The Morgan fingerprint density at radius 3 is 2.64 bits per heavy atom. The van der Waals surface area contributed by atoms with Crippen molar-refractivity contribution in [3.8, 4) is 0 Å². The molecule has 2 aromatic heterocycles. The van der Waals surface area contributed by atoms with Crippen molar-refractivity contribution in [2.75, 3.05) is 31.1 Å². The molecule has 7 nitrogen and oxygen atoms in total. The fourth-order valence-electron chi connectivity index (χ4n) is 2.50.